The topological polar surface area (TPSA) is 58.2 Å². The van der Waals surface area contributed by atoms with Crippen molar-refractivity contribution in [2.75, 3.05) is 24.4 Å². The number of carbonyl (C=O) groups is 2. The monoisotopic (exact) mass is 252 g/mol. The van der Waals surface area contributed by atoms with Crippen LogP contribution in [0.1, 0.15) is 16.8 Å². The van der Waals surface area contributed by atoms with E-state index in [-0.39, 0.29) is 11.8 Å². The molecule has 0 aliphatic rings. The maximum atomic E-state index is 11.4. The van der Waals surface area contributed by atoms with Crippen LogP contribution in [-0.2, 0) is 4.79 Å². The van der Waals surface area contributed by atoms with E-state index in [9.17, 15) is 9.59 Å². The van der Waals surface area contributed by atoms with Crippen LogP contribution in [0.25, 0.3) is 0 Å². The average Bonchev–Trinajstić information content (AvgIpc) is 2.36. The SMILES string of the molecule is CNC(=O)c1ccc(NC(=O)CCSC)cc1. The van der Waals surface area contributed by atoms with Crippen LogP contribution < -0.4 is 10.6 Å². The second-order valence-corrected chi connectivity index (χ2v) is 4.43. The maximum absolute atomic E-state index is 11.4. The van der Waals surface area contributed by atoms with Crippen LogP contribution in [0.15, 0.2) is 24.3 Å². The Hall–Kier alpha value is -1.49. The van der Waals surface area contributed by atoms with E-state index in [0.717, 1.165) is 5.75 Å². The number of nitrogens with one attached hydrogen (secondary N) is 2. The molecule has 5 heteroatoms. The minimum Gasteiger partial charge on any atom is -0.355 e. The fraction of sp³-hybridized carbons (Fsp3) is 0.333. The zero-order chi connectivity index (χ0) is 12.7. The third-order valence-corrected chi connectivity index (χ3v) is 2.80. The molecule has 92 valence electrons. The second kappa shape index (κ2) is 6.96. The fourth-order valence-electron chi connectivity index (χ4n) is 1.27. The molecule has 0 aliphatic carbocycles. The van der Waals surface area contributed by atoms with Crippen molar-refractivity contribution in [1.29, 1.82) is 0 Å². The van der Waals surface area contributed by atoms with Crippen LogP contribution in [0.3, 0.4) is 0 Å². The first-order chi connectivity index (χ1) is 8.17. The molecular weight excluding hydrogens is 236 g/mol. The molecule has 1 aromatic carbocycles. The number of amides is 2. The van der Waals surface area contributed by atoms with Gasteiger partial charge >= 0.3 is 0 Å². The van der Waals surface area contributed by atoms with Crippen LogP contribution in [0, 0.1) is 0 Å². The molecule has 0 radical (unpaired) electrons. The molecule has 0 aromatic heterocycles. The summed E-state index contributed by atoms with van der Waals surface area (Å²) in [5, 5.41) is 5.32. The van der Waals surface area contributed by atoms with Gasteiger partial charge in [0.05, 0.1) is 0 Å². The third kappa shape index (κ3) is 4.48. The molecule has 2 N–H and O–H groups in total. The largest absolute Gasteiger partial charge is 0.355 e. The summed E-state index contributed by atoms with van der Waals surface area (Å²) in [6.45, 7) is 0. The van der Waals surface area contributed by atoms with Gasteiger partial charge < -0.3 is 10.6 Å². The molecular formula is C12H16N2O2S. The second-order valence-electron chi connectivity index (χ2n) is 3.45. The molecule has 0 bridgehead atoms. The molecule has 0 aliphatic heterocycles. The van der Waals surface area contributed by atoms with Gasteiger partial charge in [-0.05, 0) is 30.5 Å². The molecule has 1 aromatic rings. The van der Waals surface area contributed by atoms with E-state index in [4.69, 9.17) is 0 Å². The Kier molecular flexibility index (Phi) is 5.56. The predicted octanol–water partition coefficient (Wildman–Crippen LogP) is 1.74. The van der Waals surface area contributed by atoms with Gasteiger partial charge in [-0.1, -0.05) is 0 Å². The first-order valence-corrected chi connectivity index (χ1v) is 6.67. The first kappa shape index (κ1) is 13.6. The van der Waals surface area contributed by atoms with Gasteiger partial charge in [-0.15, -0.1) is 0 Å². The lowest BCUT2D eigenvalue weighted by molar-refractivity contribution is -0.115. The van der Waals surface area contributed by atoms with Crippen LogP contribution in [0.5, 0.6) is 0 Å². The Balaban J connectivity index is 2.56. The summed E-state index contributed by atoms with van der Waals surface area (Å²) >= 11 is 1.64. The van der Waals surface area contributed by atoms with E-state index in [0.29, 0.717) is 17.7 Å². The van der Waals surface area contributed by atoms with E-state index >= 15 is 0 Å². The van der Waals surface area contributed by atoms with Gasteiger partial charge in [0.2, 0.25) is 5.91 Å². The van der Waals surface area contributed by atoms with Crippen molar-refractivity contribution in [1.82, 2.24) is 5.32 Å². The Morgan fingerprint density at radius 3 is 2.41 bits per heavy atom. The Bertz CT molecular complexity index is 390. The summed E-state index contributed by atoms with van der Waals surface area (Å²) in [5.74, 6) is 0.666. The number of hydrogen-bond acceptors (Lipinski definition) is 3. The molecule has 1 rings (SSSR count). The van der Waals surface area contributed by atoms with E-state index in [1.807, 2.05) is 6.26 Å². The van der Waals surface area contributed by atoms with E-state index in [1.54, 1.807) is 43.1 Å². The predicted molar refractivity (Wildman–Crippen MR) is 71.5 cm³/mol. The summed E-state index contributed by atoms with van der Waals surface area (Å²) < 4.78 is 0. The van der Waals surface area contributed by atoms with Crippen molar-refractivity contribution < 1.29 is 9.59 Å². The van der Waals surface area contributed by atoms with Gasteiger partial charge in [0.15, 0.2) is 0 Å². The van der Waals surface area contributed by atoms with Gasteiger partial charge in [-0.3, -0.25) is 9.59 Å². The van der Waals surface area contributed by atoms with Crippen molar-refractivity contribution >= 4 is 29.3 Å². The standard InChI is InChI=1S/C12H16N2O2S/c1-13-12(16)9-3-5-10(6-4-9)14-11(15)7-8-17-2/h3-6H,7-8H2,1-2H3,(H,13,16)(H,14,15). The Morgan fingerprint density at radius 2 is 1.88 bits per heavy atom. The molecule has 0 fully saturated rings. The van der Waals surface area contributed by atoms with Crippen LogP contribution in [0.2, 0.25) is 0 Å². The normalized spacial score (nSPS) is 9.76. The van der Waals surface area contributed by atoms with E-state index in [1.165, 1.54) is 0 Å². The Labute approximate surface area is 105 Å². The number of anilines is 1. The van der Waals surface area contributed by atoms with Gasteiger partial charge in [-0.2, -0.15) is 11.8 Å². The number of rotatable bonds is 5. The van der Waals surface area contributed by atoms with Gasteiger partial charge in [0.25, 0.3) is 5.91 Å². The van der Waals surface area contributed by atoms with E-state index in [2.05, 4.69) is 10.6 Å². The molecule has 0 saturated heterocycles. The number of thioether (sulfide) groups is 1. The quantitative estimate of drug-likeness (QED) is 0.839. The fourth-order valence-corrected chi connectivity index (χ4v) is 1.66. The molecule has 17 heavy (non-hydrogen) atoms. The van der Waals surface area contributed by atoms with Crippen LogP contribution in [-0.4, -0.2) is 30.9 Å². The minimum absolute atomic E-state index is 0.00737. The number of carbonyl (C=O) groups excluding carboxylic acids is 2. The lowest BCUT2D eigenvalue weighted by Crippen LogP contribution is -2.17. The van der Waals surface area contributed by atoms with Crippen LogP contribution >= 0.6 is 11.8 Å². The molecule has 0 heterocycles. The van der Waals surface area contributed by atoms with Crippen LogP contribution in [0.4, 0.5) is 5.69 Å². The molecule has 0 unspecified atom stereocenters. The van der Waals surface area contributed by atoms with Gasteiger partial charge in [0.1, 0.15) is 0 Å². The highest BCUT2D eigenvalue weighted by molar-refractivity contribution is 7.98. The van der Waals surface area contributed by atoms with Gasteiger partial charge in [-0.25, -0.2) is 0 Å². The number of hydrogen-bond donors (Lipinski definition) is 2. The minimum atomic E-state index is -0.134. The summed E-state index contributed by atoms with van der Waals surface area (Å²) in [4.78, 5) is 22.7. The lowest BCUT2D eigenvalue weighted by atomic mass is 10.2. The highest BCUT2D eigenvalue weighted by Crippen LogP contribution is 2.10. The average molecular weight is 252 g/mol. The van der Waals surface area contributed by atoms with Crippen molar-refractivity contribution in [3.05, 3.63) is 29.8 Å². The summed E-state index contributed by atoms with van der Waals surface area (Å²) in [6.07, 6.45) is 2.46. The molecule has 0 saturated carbocycles. The molecule has 0 spiro atoms. The third-order valence-electron chi connectivity index (χ3n) is 2.19. The first-order valence-electron chi connectivity index (χ1n) is 5.28. The van der Waals surface area contributed by atoms with E-state index < -0.39 is 0 Å². The Morgan fingerprint density at radius 1 is 1.24 bits per heavy atom. The molecule has 2 amide bonds. The zero-order valence-electron chi connectivity index (χ0n) is 9.95. The molecule has 4 nitrogen and oxygen atoms in total. The number of benzene rings is 1. The van der Waals surface area contributed by atoms with Crippen molar-refractivity contribution in [3.63, 3.8) is 0 Å². The highest BCUT2D eigenvalue weighted by atomic mass is 32.2. The van der Waals surface area contributed by atoms with Crippen molar-refractivity contribution in [3.8, 4) is 0 Å². The lowest BCUT2D eigenvalue weighted by Gasteiger charge is -2.05. The summed E-state index contributed by atoms with van der Waals surface area (Å²) in [6, 6.07) is 6.81. The maximum Gasteiger partial charge on any atom is 0.251 e. The van der Waals surface area contributed by atoms with Crippen molar-refractivity contribution in [2.45, 2.75) is 6.42 Å². The highest BCUT2D eigenvalue weighted by Gasteiger charge is 2.04. The van der Waals surface area contributed by atoms with Gasteiger partial charge in [0, 0.05) is 30.5 Å². The van der Waals surface area contributed by atoms with Crippen molar-refractivity contribution in [2.24, 2.45) is 0 Å². The summed E-state index contributed by atoms with van der Waals surface area (Å²) in [7, 11) is 1.58. The summed E-state index contributed by atoms with van der Waals surface area (Å²) in [5.41, 5.74) is 1.29. The zero-order valence-corrected chi connectivity index (χ0v) is 10.8. The smallest absolute Gasteiger partial charge is 0.251 e. The molecule has 0 atom stereocenters.